The fourth-order valence-electron chi connectivity index (χ4n) is 4.85. The van der Waals surface area contributed by atoms with E-state index < -0.39 is 0 Å². The summed E-state index contributed by atoms with van der Waals surface area (Å²) >= 11 is 1.76. The molecule has 5 rings (SSSR count). The van der Waals surface area contributed by atoms with Gasteiger partial charge in [0.05, 0.1) is 0 Å². The van der Waals surface area contributed by atoms with Gasteiger partial charge in [0.2, 0.25) is 0 Å². The van der Waals surface area contributed by atoms with Gasteiger partial charge in [-0.3, -0.25) is 0 Å². The van der Waals surface area contributed by atoms with Gasteiger partial charge in [-0.1, -0.05) is 54.6 Å². The highest BCUT2D eigenvalue weighted by Crippen LogP contribution is 2.50. The second-order valence-electron chi connectivity index (χ2n) is 7.36. The number of aryl methyl sites for hydroxylation is 1. The number of rotatable bonds is 3. The molecule has 0 unspecified atom stereocenters. The quantitative estimate of drug-likeness (QED) is 0.434. The Labute approximate surface area is 163 Å². The second kappa shape index (κ2) is 6.50. The molecule has 0 N–H and O–H groups in total. The second-order valence-corrected chi connectivity index (χ2v) is 8.34. The molecule has 1 aliphatic rings. The predicted octanol–water partition coefficient (Wildman–Crippen LogP) is 5.53. The van der Waals surface area contributed by atoms with Gasteiger partial charge in [0.25, 0.3) is 0 Å². The van der Waals surface area contributed by atoms with E-state index in [0.29, 0.717) is 0 Å². The molecule has 1 aliphatic carbocycles. The Morgan fingerprint density at radius 2 is 1.78 bits per heavy atom. The summed E-state index contributed by atoms with van der Waals surface area (Å²) in [5.74, 6) is 0.262. The van der Waals surface area contributed by atoms with Gasteiger partial charge in [-0.25, -0.2) is 0 Å². The highest BCUT2D eigenvalue weighted by molar-refractivity contribution is 7.10. The summed E-state index contributed by atoms with van der Waals surface area (Å²) in [4.78, 5) is 13.7. The maximum Gasteiger partial charge on any atom is 0.124 e. The summed E-state index contributed by atoms with van der Waals surface area (Å²) in [7, 11) is 2.16. The zero-order valence-corrected chi connectivity index (χ0v) is 16.0. The first kappa shape index (κ1) is 16.5. The number of para-hydroxylation sites is 1. The van der Waals surface area contributed by atoms with Crippen LogP contribution in [0.1, 0.15) is 33.5 Å². The van der Waals surface area contributed by atoms with Gasteiger partial charge in [-0.05, 0) is 41.0 Å². The number of aromatic nitrogens is 1. The number of hydrogen-bond acceptors (Lipinski definition) is 2. The maximum absolute atomic E-state index is 12.4. The Kier molecular flexibility index (Phi) is 3.98. The number of thiophene rings is 1. The Morgan fingerprint density at radius 1 is 1.00 bits per heavy atom. The minimum absolute atomic E-state index is 0.0515. The lowest BCUT2D eigenvalue weighted by atomic mass is 9.68. The average Bonchev–Trinajstić information content (AvgIpc) is 3.35. The van der Waals surface area contributed by atoms with Crippen molar-refractivity contribution in [3.05, 3.63) is 93.8 Å². The van der Waals surface area contributed by atoms with Crippen molar-refractivity contribution < 1.29 is 4.79 Å². The van der Waals surface area contributed by atoms with Crippen LogP contribution in [-0.4, -0.2) is 10.9 Å². The first-order valence-corrected chi connectivity index (χ1v) is 10.3. The summed E-state index contributed by atoms with van der Waals surface area (Å²) in [5, 5.41) is 3.40. The Hall–Kier alpha value is -2.65. The molecule has 0 saturated carbocycles. The van der Waals surface area contributed by atoms with Crippen molar-refractivity contribution in [2.45, 2.75) is 18.3 Å². The monoisotopic (exact) mass is 371 g/mol. The molecule has 0 radical (unpaired) electrons. The van der Waals surface area contributed by atoms with Crippen LogP contribution in [0.3, 0.4) is 0 Å². The zero-order valence-electron chi connectivity index (χ0n) is 15.2. The molecule has 0 fully saturated rings. The highest BCUT2D eigenvalue weighted by Gasteiger charge is 2.41. The van der Waals surface area contributed by atoms with Crippen molar-refractivity contribution in [2.75, 3.05) is 0 Å². The van der Waals surface area contributed by atoms with Crippen LogP contribution in [0.4, 0.5) is 0 Å². The molecule has 0 amide bonds. The molecular weight excluding hydrogens is 350 g/mol. The fraction of sp³-hybridized carbons (Fsp3) is 0.208. The van der Waals surface area contributed by atoms with Crippen molar-refractivity contribution in [1.29, 1.82) is 0 Å². The number of hydrogen-bond donors (Lipinski definition) is 0. The van der Waals surface area contributed by atoms with Crippen LogP contribution in [0.15, 0.2) is 72.1 Å². The molecule has 4 aromatic rings. The van der Waals surface area contributed by atoms with Crippen LogP contribution in [0.25, 0.3) is 10.9 Å². The SMILES string of the molecule is Cn1c2c(c3ccccc31)[C@@H](c1cccs1)[C@H](C=O)[C@H](c1ccccc1)C2. The van der Waals surface area contributed by atoms with Gasteiger partial charge in [0.1, 0.15) is 6.29 Å². The highest BCUT2D eigenvalue weighted by atomic mass is 32.1. The average molecular weight is 372 g/mol. The van der Waals surface area contributed by atoms with Gasteiger partial charge in [-0.2, -0.15) is 0 Å². The molecule has 0 aliphatic heterocycles. The molecule has 0 spiro atoms. The van der Waals surface area contributed by atoms with Crippen molar-refractivity contribution in [3.8, 4) is 0 Å². The number of aldehydes is 1. The third-order valence-corrected chi connectivity index (χ3v) is 7.04. The number of benzene rings is 2. The number of carbonyl (C=O) groups excluding carboxylic acids is 1. The lowest BCUT2D eigenvalue weighted by molar-refractivity contribution is -0.112. The molecule has 0 bridgehead atoms. The van der Waals surface area contributed by atoms with E-state index in [-0.39, 0.29) is 17.8 Å². The predicted molar refractivity (Wildman–Crippen MR) is 112 cm³/mol. The molecular formula is C24H21NOS. The first-order valence-electron chi connectivity index (χ1n) is 9.39. The van der Waals surface area contributed by atoms with E-state index in [4.69, 9.17) is 0 Å². The number of carbonyl (C=O) groups is 1. The van der Waals surface area contributed by atoms with E-state index in [1.807, 2.05) is 6.07 Å². The number of fused-ring (bicyclic) bond motifs is 3. The summed E-state index contributed by atoms with van der Waals surface area (Å²) in [6.07, 6.45) is 2.10. The Morgan fingerprint density at radius 3 is 2.52 bits per heavy atom. The molecule has 2 aromatic carbocycles. The van der Waals surface area contributed by atoms with Gasteiger partial charge in [0.15, 0.2) is 0 Å². The van der Waals surface area contributed by atoms with Crippen LogP contribution in [0.5, 0.6) is 0 Å². The normalized spacial score (nSPS) is 21.9. The first-order chi connectivity index (χ1) is 13.3. The molecule has 3 atom stereocenters. The third-order valence-electron chi connectivity index (χ3n) is 6.08. The van der Waals surface area contributed by atoms with Crippen LogP contribution >= 0.6 is 11.3 Å². The van der Waals surface area contributed by atoms with Gasteiger partial charge in [-0.15, -0.1) is 11.3 Å². The largest absolute Gasteiger partial charge is 0.347 e. The van der Waals surface area contributed by atoms with E-state index >= 15 is 0 Å². The van der Waals surface area contributed by atoms with Crippen LogP contribution in [0, 0.1) is 5.92 Å². The van der Waals surface area contributed by atoms with Gasteiger partial charge >= 0.3 is 0 Å². The van der Waals surface area contributed by atoms with Crippen molar-refractivity contribution in [1.82, 2.24) is 4.57 Å². The lowest BCUT2D eigenvalue weighted by Gasteiger charge is -2.36. The molecule has 27 heavy (non-hydrogen) atoms. The Bertz CT molecular complexity index is 1090. The van der Waals surface area contributed by atoms with E-state index in [1.54, 1.807) is 11.3 Å². The van der Waals surface area contributed by atoms with Gasteiger partial charge in [0, 0.05) is 40.4 Å². The molecule has 2 aromatic heterocycles. The van der Waals surface area contributed by atoms with Crippen molar-refractivity contribution >= 4 is 28.5 Å². The maximum atomic E-state index is 12.4. The minimum atomic E-state index is -0.0515. The zero-order chi connectivity index (χ0) is 18.4. The van der Waals surface area contributed by atoms with E-state index in [1.165, 1.54) is 38.9 Å². The molecule has 2 nitrogen and oxygen atoms in total. The van der Waals surface area contributed by atoms with Gasteiger partial charge < -0.3 is 9.36 Å². The van der Waals surface area contributed by atoms with E-state index in [0.717, 1.165) is 6.42 Å². The van der Waals surface area contributed by atoms with Crippen LogP contribution in [0.2, 0.25) is 0 Å². The van der Waals surface area contributed by atoms with Crippen molar-refractivity contribution in [2.24, 2.45) is 13.0 Å². The molecule has 134 valence electrons. The molecule has 3 heteroatoms. The summed E-state index contributed by atoms with van der Waals surface area (Å²) in [5.41, 5.74) is 5.22. The summed E-state index contributed by atoms with van der Waals surface area (Å²) in [6.45, 7) is 0. The molecule has 2 heterocycles. The van der Waals surface area contributed by atoms with E-state index in [2.05, 4.69) is 77.7 Å². The fourth-order valence-corrected chi connectivity index (χ4v) is 5.75. The van der Waals surface area contributed by atoms with Crippen LogP contribution in [-0.2, 0) is 18.3 Å². The summed E-state index contributed by atoms with van der Waals surface area (Å²) in [6, 6.07) is 23.4. The smallest absolute Gasteiger partial charge is 0.124 e. The van der Waals surface area contributed by atoms with Crippen molar-refractivity contribution in [3.63, 3.8) is 0 Å². The van der Waals surface area contributed by atoms with E-state index in [9.17, 15) is 4.79 Å². The third kappa shape index (κ3) is 2.49. The minimum Gasteiger partial charge on any atom is -0.347 e. The lowest BCUT2D eigenvalue weighted by Crippen LogP contribution is -2.30. The summed E-state index contributed by atoms with van der Waals surface area (Å²) < 4.78 is 2.34. The van der Waals surface area contributed by atoms with Crippen LogP contribution < -0.4 is 0 Å². The number of nitrogens with zero attached hydrogens (tertiary/aromatic N) is 1. The molecule has 0 saturated heterocycles. The topological polar surface area (TPSA) is 22.0 Å². The Balaban J connectivity index is 1.80. The standard InChI is InChI=1S/C24H21NOS/c1-25-20-11-6-5-10-17(20)23-21(25)14-18(16-8-3-2-4-9-16)19(15-26)24(23)22-12-7-13-27-22/h2-13,15,18-19,24H,14H2,1H3/t18-,19+,24+/m0/s1.